The Bertz CT molecular complexity index is 677. The van der Waals surface area contributed by atoms with E-state index in [4.69, 9.17) is 4.98 Å². The molecule has 0 fully saturated rings. The van der Waals surface area contributed by atoms with Crippen molar-refractivity contribution in [1.29, 1.82) is 0 Å². The summed E-state index contributed by atoms with van der Waals surface area (Å²) < 4.78 is 0. The van der Waals surface area contributed by atoms with Gasteiger partial charge in [-0.1, -0.05) is 71.4 Å². The third kappa shape index (κ3) is 2.88. The van der Waals surface area contributed by atoms with E-state index in [1.165, 1.54) is 16.7 Å². The molecule has 0 radical (unpaired) electrons. The van der Waals surface area contributed by atoms with Crippen LogP contribution in [0, 0.1) is 13.8 Å². The molecule has 0 saturated heterocycles. The molecule has 1 heterocycles. The fourth-order valence-electron chi connectivity index (χ4n) is 2.30. The highest BCUT2D eigenvalue weighted by Crippen LogP contribution is 2.32. The van der Waals surface area contributed by atoms with Crippen molar-refractivity contribution in [2.24, 2.45) is 0 Å². The topological polar surface area (TPSA) is 28.7 Å². The lowest BCUT2D eigenvalue weighted by atomic mass is 10.0. The van der Waals surface area contributed by atoms with E-state index in [9.17, 15) is 0 Å². The van der Waals surface area contributed by atoms with Gasteiger partial charge < -0.3 is 4.98 Å². The Hall–Kier alpha value is -2.00. The molecule has 1 aromatic heterocycles. The largest absolute Gasteiger partial charge is 0.332 e. The van der Waals surface area contributed by atoms with E-state index in [2.05, 4.69) is 67.4 Å². The molecule has 0 bridgehead atoms. The van der Waals surface area contributed by atoms with E-state index < -0.39 is 0 Å². The van der Waals surface area contributed by atoms with Gasteiger partial charge in [-0.25, -0.2) is 4.98 Å². The van der Waals surface area contributed by atoms with E-state index in [-0.39, 0.29) is 0 Å². The number of nitrogens with one attached hydrogen (secondary N) is 1. The molecule has 3 aromatic rings. The van der Waals surface area contributed by atoms with Gasteiger partial charge in [0.2, 0.25) is 0 Å². The summed E-state index contributed by atoms with van der Waals surface area (Å²) in [6.45, 7) is 4.20. The van der Waals surface area contributed by atoms with Crippen molar-refractivity contribution in [2.45, 2.75) is 19.0 Å². The fourth-order valence-corrected chi connectivity index (χ4v) is 2.68. The first-order chi connectivity index (χ1) is 10.2. The number of imidazole rings is 1. The predicted octanol–water partition coefficient (Wildman–Crippen LogP) is 5.08. The van der Waals surface area contributed by atoms with Gasteiger partial charge in [0.1, 0.15) is 0 Å². The van der Waals surface area contributed by atoms with Crippen molar-refractivity contribution in [3.63, 3.8) is 0 Å². The fraction of sp³-hybridized carbons (Fsp3) is 0.167. The average molecular weight is 294 g/mol. The number of nitrogens with zero attached hydrogens (tertiary/aromatic N) is 1. The molecule has 106 valence electrons. The quantitative estimate of drug-likeness (QED) is 0.682. The highest BCUT2D eigenvalue weighted by atomic mass is 32.2. The Morgan fingerprint density at radius 1 is 0.810 bits per heavy atom. The van der Waals surface area contributed by atoms with Crippen LogP contribution >= 0.6 is 11.8 Å². The predicted molar refractivity (Wildman–Crippen MR) is 90.7 cm³/mol. The maximum absolute atomic E-state index is 4.73. The zero-order chi connectivity index (χ0) is 14.8. The van der Waals surface area contributed by atoms with Gasteiger partial charge in [-0.15, -0.1) is 0 Å². The first-order valence-corrected chi connectivity index (χ1v) is 8.18. The smallest absolute Gasteiger partial charge is 0.166 e. The standard InChI is InChI=1S/C18H18N2S/c1-12-4-8-14(9-5-12)16-17(20-18(19-16)21-3)15-10-6-13(2)7-11-15/h4-11H,1-3H3,(H,19,20). The lowest BCUT2D eigenvalue weighted by Crippen LogP contribution is -1.84. The molecule has 21 heavy (non-hydrogen) atoms. The molecule has 3 rings (SSSR count). The average Bonchev–Trinajstić information content (AvgIpc) is 2.93. The van der Waals surface area contributed by atoms with Crippen LogP contribution in [0.25, 0.3) is 22.5 Å². The second-order valence-corrected chi connectivity index (χ2v) is 6.00. The van der Waals surface area contributed by atoms with Crippen LogP contribution in [0.5, 0.6) is 0 Å². The summed E-state index contributed by atoms with van der Waals surface area (Å²) in [4.78, 5) is 8.17. The molecule has 0 unspecified atom stereocenters. The van der Waals surface area contributed by atoms with Gasteiger partial charge in [0.05, 0.1) is 11.4 Å². The number of thioether (sulfide) groups is 1. The zero-order valence-electron chi connectivity index (χ0n) is 12.5. The molecule has 1 N–H and O–H groups in total. The summed E-state index contributed by atoms with van der Waals surface area (Å²) in [5.41, 5.74) is 6.94. The normalized spacial score (nSPS) is 10.8. The summed E-state index contributed by atoms with van der Waals surface area (Å²) in [6.07, 6.45) is 2.04. The molecule has 0 aliphatic carbocycles. The Morgan fingerprint density at radius 2 is 1.33 bits per heavy atom. The lowest BCUT2D eigenvalue weighted by Gasteiger charge is -2.04. The Balaban J connectivity index is 2.13. The minimum absolute atomic E-state index is 0.946. The summed E-state index contributed by atoms with van der Waals surface area (Å²) in [6, 6.07) is 17.1. The van der Waals surface area contributed by atoms with E-state index in [0.29, 0.717) is 0 Å². The second-order valence-electron chi connectivity index (χ2n) is 5.20. The van der Waals surface area contributed by atoms with Crippen LogP contribution in [-0.2, 0) is 0 Å². The van der Waals surface area contributed by atoms with Gasteiger partial charge in [0.15, 0.2) is 5.16 Å². The molecule has 0 amide bonds. The van der Waals surface area contributed by atoms with Crippen molar-refractivity contribution in [3.8, 4) is 22.5 Å². The van der Waals surface area contributed by atoms with Crippen molar-refractivity contribution < 1.29 is 0 Å². The van der Waals surface area contributed by atoms with Crippen LogP contribution in [0.1, 0.15) is 11.1 Å². The molecule has 2 nitrogen and oxygen atoms in total. The van der Waals surface area contributed by atoms with Crippen LogP contribution in [-0.4, -0.2) is 16.2 Å². The maximum Gasteiger partial charge on any atom is 0.166 e. The number of benzene rings is 2. The number of hydrogen-bond donors (Lipinski definition) is 1. The molecular formula is C18H18N2S. The highest BCUT2D eigenvalue weighted by molar-refractivity contribution is 7.98. The van der Waals surface area contributed by atoms with Crippen LogP contribution < -0.4 is 0 Å². The molecular weight excluding hydrogens is 276 g/mol. The van der Waals surface area contributed by atoms with Gasteiger partial charge in [-0.3, -0.25) is 0 Å². The Morgan fingerprint density at radius 3 is 1.86 bits per heavy atom. The first kappa shape index (κ1) is 14.0. The van der Waals surface area contributed by atoms with Gasteiger partial charge >= 0.3 is 0 Å². The molecule has 0 atom stereocenters. The Labute approximate surface area is 129 Å². The molecule has 0 aliphatic rings. The van der Waals surface area contributed by atoms with Crippen molar-refractivity contribution in [2.75, 3.05) is 6.26 Å². The zero-order valence-corrected chi connectivity index (χ0v) is 13.3. The third-order valence-electron chi connectivity index (χ3n) is 3.54. The van der Waals surface area contributed by atoms with Gasteiger partial charge in [-0.05, 0) is 20.1 Å². The summed E-state index contributed by atoms with van der Waals surface area (Å²) in [7, 11) is 0. The van der Waals surface area contributed by atoms with Crippen LogP contribution in [0.2, 0.25) is 0 Å². The Kier molecular flexibility index (Phi) is 3.84. The van der Waals surface area contributed by atoms with Crippen LogP contribution in [0.15, 0.2) is 53.7 Å². The van der Waals surface area contributed by atoms with E-state index in [1.807, 2.05) is 6.26 Å². The minimum Gasteiger partial charge on any atom is -0.332 e. The monoisotopic (exact) mass is 294 g/mol. The summed E-state index contributed by atoms with van der Waals surface area (Å²) in [5.74, 6) is 0. The van der Waals surface area contributed by atoms with Gasteiger partial charge in [0, 0.05) is 11.1 Å². The lowest BCUT2D eigenvalue weighted by molar-refractivity contribution is 1.07. The number of aromatic amines is 1. The SMILES string of the molecule is CSc1nc(-c2ccc(C)cc2)c(-c2ccc(C)cc2)[nH]1. The maximum atomic E-state index is 4.73. The number of rotatable bonds is 3. The summed E-state index contributed by atoms with van der Waals surface area (Å²) in [5, 5.41) is 0.946. The summed E-state index contributed by atoms with van der Waals surface area (Å²) >= 11 is 1.63. The second kappa shape index (κ2) is 5.78. The number of aryl methyl sites for hydroxylation is 2. The van der Waals surface area contributed by atoms with Gasteiger partial charge in [0.25, 0.3) is 0 Å². The number of hydrogen-bond acceptors (Lipinski definition) is 2. The van der Waals surface area contributed by atoms with E-state index >= 15 is 0 Å². The van der Waals surface area contributed by atoms with Crippen molar-refractivity contribution in [3.05, 3.63) is 59.7 Å². The van der Waals surface area contributed by atoms with Crippen molar-refractivity contribution >= 4 is 11.8 Å². The van der Waals surface area contributed by atoms with Crippen LogP contribution in [0.4, 0.5) is 0 Å². The molecule has 2 aromatic carbocycles. The highest BCUT2D eigenvalue weighted by Gasteiger charge is 2.13. The number of aromatic nitrogens is 2. The molecule has 0 saturated carbocycles. The van der Waals surface area contributed by atoms with E-state index in [1.54, 1.807) is 11.8 Å². The number of H-pyrrole nitrogens is 1. The first-order valence-electron chi connectivity index (χ1n) is 6.95. The molecule has 0 aliphatic heterocycles. The third-order valence-corrected chi connectivity index (χ3v) is 4.12. The van der Waals surface area contributed by atoms with Crippen LogP contribution in [0.3, 0.4) is 0 Å². The minimum atomic E-state index is 0.946. The molecule has 0 spiro atoms. The van der Waals surface area contributed by atoms with Crippen molar-refractivity contribution in [1.82, 2.24) is 9.97 Å². The van der Waals surface area contributed by atoms with E-state index in [0.717, 1.165) is 22.1 Å². The van der Waals surface area contributed by atoms with Gasteiger partial charge in [-0.2, -0.15) is 0 Å². The molecule has 3 heteroatoms.